The Morgan fingerprint density at radius 3 is 2.09 bits per heavy atom. The van der Waals surface area contributed by atoms with E-state index in [2.05, 4.69) is 13.8 Å². The van der Waals surface area contributed by atoms with Crippen molar-refractivity contribution in [2.75, 3.05) is 13.1 Å². The molecule has 4 nitrogen and oxygen atoms in total. The smallest absolute Gasteiger partial charge is 0.485 e. The molecule has 0 radical (unpaired) electrons. The summed E-state index contributed by atoms with van der Waals surface area (Å²) >= 11 is 0. The number of nitrogens with one attached hydrogen (secondary N) is 1. The van der Waals surface area contributed by atoms with Gasteiger partial charge in [0.2, 0.25) is 0 Å². The molecule has 1 fully saturated rings. The number of likely N-dealkylation sites (tertiary alicyclic amines) is 1. The normalized spacial score (nSPS) is 22.3. The number of halogens is 3. The number of hydrogen-bond acceptors (Lipinski definition) is 3. The van der Waals surface area contributed by atoms with Gasteiger partial charge in [-0.15, -0.1) is 0 Å². The van der Waals surface area contributed by atoms with Crippen LogP contribution in [0.25, 0.3) is 0 Å². The minimum Gasteiger partial charge on any atom is -0.741 e. The first kappa shape index (κ1) is 22.7. The third-order valence-electron chi connectivity index (χ3n) is 4.22. The van der Waals surface area contributed by atoms with Crippen LogP contribution in [-0.4, -0.2) is 37.6 Å². The van der Waals surface area contributed by atoms with Crippen molar-refractivity contribution in [2.24, 2.45) is 0 Å². The third-order valence-corrected chi connectivity index (χ3v) is 4.78. The molecule has 140 valence electrons. The Bertz CT molecular complexity index is 399. The van der Waals surface area contributed by atoms with Crippen LogP contribution in [0.4, 0.5) is 13.2 Å². The summed E-state index contributed by atoms with van der Waals surface area (Å²) < 4.78 is 58.9. The summed E-state index contributed by atoms with van der Waals surface area (Å²) in [6.07, 6.45) is 13.1. The lowest BCUT2D eigenvalue weighted by Gasteiger charge is -2.30. The van der Waals surface area contributed by atoms with E-state index >= 15 is 0 Å². The zero-order valence-electron chi connectivity index (χ0n) is 14.1. The minimum atomic E-state index is -6.09. The van der Waals surface area contributed by atoms with Gasteiger partial charge in [-0.2, -0.15) is 13.2 Å². The number of piperidine rings is 1. The van der Waals surface area contributed by atoms with Gasteiger partial charge in [-0.25, -0.2) is 8.42 Å². The zero-order valence-corrected chi connectivity index (χ0v) is 14.9. The maximum absolute atomic E-state index is 10.7. The molecule has 1 aliphatic rings. The fourth-order valence-electron chi connectivity index (χ4n) is 2.76. The van der Waals surface area contributed by atoms with Gasteiger partial charge in [0.05, 0.1) is 19.1 Å². The summed E-state index contributed by atoms with van der Waals surface area (Å²) in [7, 11) is -6.09. The van der Waals surface area contributed by atoms with E-state index in [4.69, 9.17) is 13.0 Å². The molecule has 0 saturated carbocycles. The molecule has 1 saturated heterocycles. The third kappa shape index (κ3) is 10.9. The molecule has 1 rings (SSSR count). The fourth-order valence-corrected chi connectivity index (χ4v) is 2.76. The average molecular weight is 361 g/mol. The van der Waals surface area contributed by atoms with Gasteiger partial charge in [-0.1, -0.05) is 32.6 Å². The van der Waals surface area contributed by atoms with E-state index in [0.29, 0.717) is 0 Å². The van der Waals surface area contributed by atoms with E-state index in [1.807, 2.05) is 4.90 Å². The van der Waals surface area contributed by atoms with Crippen LogP contribution in [0.3, 0.4) is 0 Å². The maximum atomic E-state index is 10.7. The summed E-state index contributed by atoms with van der Waals surface area (Å²) in [5.74, 6) is 0. The molecule has 1 aliphatic heterocycles. The van der Waals surface area contributed by atoms with Crippen LogP contribution in [0.5, 0.6) is 0 Å². The van der Waals surface area contributed by atoms with E-state index in [-0.39, 0.29) is 0 Å². The number of alkyl halides is 3. The molecule has 0 aromatic heterocycles. The van der Waals surface area contributed by atoms with Crippen LogP contribution in [0, 0.1) is 0 Å². The first-order chi connectivity index (χ1) is 10.6. The Kier molecular flexibility index (Phi) is 11.1. The van der Waals surface area contributed by atoms with Crippen molar-refractivity contribution >= 4 is 10.1 Å². The highest BCUT2D eigenvalue weighted by Gasteiger charge is 2.36. The van der Waals surface area contributed by atoms with Gasteiger partial charge >= 0.3 is 5.51 Å². The Morgan fingerprint density at radius 1 is 1.09 bits per heavy atom. The van der Waals surface area contributed by atoms with Crippen LogP contribution in [0.2, 0.25) is 0 Å². The lowest BCUT2D eigenvalue weighted by atomic mass is 10.0. The van der Waals surface area contributed by atoms with Crippen molar-refractivity contribution in [3.05, 3.63) is 0 Å². The molecule has 0 spiro atoms. The van der Waals surface area contributed by atoms with Crippen LogP contribution < -0.4 is 4.90 Å². The van der Waals surface area contributed by atoms with Gasteiger partial charge in [-0.05, 0) is 39.0 Å². The topological polar surface area (TPSA) is 61.6 Å². The van der Waals surface area contributed by atoms with Crippen molar-refractivity contribution < 1.29 is 31.0 Å². The zero-order chi connectivity index (χ0) is 17.9. The summed E-state index contributed by atoms with van der Waals surface area (Å²) in [6.45, 7) is 7.61. The molecule has 1 heterocycles. The van der Waals surface area contributed by atoms with E-state index in [1.54, 1.807) is 0 Å². The highest BCUT2D eigenvalue weighted by atomic mass is 32.2. The van der Waals surface area contributed by atoms with Crippen molar-refractivity contribution in [2.45, 2.75) is 83.2 Å². The van der Waals surface area contributed by atoms with Crippen LogP contribution >= 0.6 is 0 Å². The summed E-state index contributed by atoms with van der Waals surface area (Å²) in [5, 5.41) is 0. The maximum Gasteiger partial charge on any atom is 0.485 e. The Morgan fingerprint density at radius 2 is 1.61 bits per heavy atom. The number of unbranched alkanes of at least 4 members (excludes halogenated alkanes) is 5. The molecule has 0 aliphatic carbocycles. The van der Waals surface area contributed by atoms with E-state index in [1.165, 1.54) is 70.9 Å². The molecule has 8 heteroatoms. The Labute approximate surface area is 138 Å². The molecular weight excluding hydrogens is 331 g/mol. The van der Waals surface area contributed by atoms with Crippen molar-refractivity contribution in [1.82, 2.24) is 0 Å². The second-order valence-electron chi connectivity index (χ2n) is 6.22. The van der Waals surface area contributed by atoms with Crippen LogP contribution in [-0.2, 0) is 10.1 Å². The second kappa shape index (κ2) is 11.3. The standard InChI is InChI=1S/C14H29N.CHF3O3S/c1-3-4-5-6-7-9-12-15-13-10-8-11-14(15)2;2-1(3,4)8(5,6)7/h14H,3-13H2,1-2H3;(H,5,6,7). The van der Waals surface area contributed by atoms with E-state index < -0.39 is 15.6 Å². The molecule has 2 unspecified atom stereocenters. The Balaban J connectivity index is 0.000000515. The van der Waals surface area contributed by atoms with Crippen LogP contribution in [0.15, 0.2) is 0 Å². The van der Waals surface area contributed by atoms with Crippen molar-refractivity contribution in [3.8, 4) is 0 Å². The molecule has 23 heavy (non-hydrogen) atoms. The molecular formula is C15H30F3NO3S. The van der Waals surface area contributed by atoms with Gasteiger partial charge in [0.1, 0.15) is 0 Å². The highest BCUT2D eigenvalue weighted by Crippen LogP contribution is 2.20. The quantitative estimate of drug-likeness (QED) is 0.431. The largest absolute Gasteiger partial charge is 0.741 e. The molecule has 2 atom stereocenters. The lowest BCUT2D eigenvalue weighted by molar-refractivity contribution is -0.928. The van der Waals surface area contributed by atoms with Crippen molar-refractivity contribution in [3.63, 3.8) is 0 Å². The van der Waals surface area contributed by atoms with Gasteiger partial charge in [0.15, 0.2) is 10.1 Å². The Hall–Kier alpha value is -0.340. The first-order valence-electron chi connectivity index (χ1n) is 8.46. The SMILES string of the molecule is CCCCCCCC[NH+]1CCCCC1C.O=S(=O)([O-])C(F)(F)F. The second-order valence-corrected chi connectivity index (χ2v) is 7.59. The predicted molar refractivity (Wildman–Crippen MR) is 83.1 cm³/mol. The number of quaternary nitrogens is 1. The number of hydrogen-bond donors (Lipinski definition) is 1. The summed E-state index contributed by atoms with van der Waals surface area (Å²) in [4.78, 5) is 1.89. The number of rotatable bonds is 7. The van der Waals surface area contributed by atoms with E-state index in [9.17, 15) is 13.2 Å². The first-order valence-corrected chi connectivity index (χ1v) is 9.87. The molecule has 0 bridgehead atoms. The van der Waals surface area contributed by atoms with Gasteiger partial charge in [0, 0.05) is 0 Å². The van der Waals surface area contributed by atoms with Gasteiger partial charge in [0.25, 0.3) is 0 Å². The highest BCUT2D eigenvalue weighted by molar-refractivity contribution is 7.86. The van der Waals surface area contributed by atoms with Crippen molar-refractivity contribution in [1.29, 1.82) is 0 Å². The summed E-state index contributed by atoms with van der Waals surface area (Å²) in [6, 6.07) is 0.939. The minimum absolute atomic E-state index is 0.939. The fraction of sp³-hybridized carbons (Fsp3) is 1.00. The molecule has 0 amide bonds. The van der Waals surface area contributed by atoms with Crippen LogP contribution in [0.1, 0.15) is 71.6 Å². The lowest BCUT2D eigenvalue weighted by Crippen LogP contribution is -3.16. The molecule has 0 aromatic rings. The summed E-state index contributed by atoms with van der Waals surface area (Å²) in [5.41, 5.74) is -5.65. The molecule has 1 N–H and O–H groups in total. The predicted octanol–water partition coefficient (Wildman–Crippen LogP) is 2.86. The van der Waals surface area contributed by atoms with E-state index in [0.717, 1.165) is 6.04 Å². The van der Waals surface area contributed by atoms with Gasteiger partial charge in [-0.3, -0.25) is 0 Å². The van der Waals surface area contributed by atoms with Gasteiger partial charge < -0.3 is 9.45 Å². The average Bonchev–Trinajstić information content (AvgIpc) is 2.43. The molecule has 0 aromatic carbocycles. The monoisotopic (exact) mass is 361 g/mol.